The summed E-state index contributed by atoms with van der Waals surface area (Å²) in [5.74, 6) is -0.356. The summed E-state index contributed by atoms with van der Waals surface area (Å²) in [6.45, 7) is 0. The molecule has 1 aromatic heterocycles. The highest BCUT2D eigenvalue weighted by atomic mass is 32.2. The first-order valence-corrected chi connectivity index (χ1v) is 6.54. The summed E-state index contributed by atoms with van der Waals surface area (Å²) < 4.78 is 1.49. The lowest BCUT2D eigenvalue weighted by atomic mass is 10.0. The molecule has 1 aliphatic carbocycles. The van der Waals surface area contributed by atoms with Gasteiger partial charge in [-0.1, -0.05) is 30.0 Å². The van der Waals surface area contributed by atoms with Crippen LogP contribution in [-0.4, -0.2) is 21.3 Å². The molecule has 0 unspecified atom stereocenters. The van der Waals surface area contributed by atoms with Gasteiger partial charge in [0.2, 0.25) is 5.78 Å². The van der Waals surface area contributed by atoms with E-state index in [1.807, 2.05) is 30.3 Å². The van der Waals surface area contributed by atoms with Crippen LogP contribution in [0.3, 0.4) is 0 Å². The van der Waals surface area contributed by atoms with Crippen molar-refractivity contribution in [3.8, 4) is 0 Å². The molecule has 1 aromatic carbocycles. The molecule has 0 N–H and O–H groups in total. The summed E-state index contributed by atoms with van der Waals surface area (Å²) in [5, 5.41) is 4.07. The van der Waals surface area contributed by atoms with Crippen LogP contribution >= 0.6 is 11.8 Å². The van der Waals surface area contributed by atoms with Crippen molar-refractivity contribution in [3.05, 3.63) is 58.8 Å². The Morgan fingerprint density at radius 2 is 1.89 bits per heavy atom. The van der Waals surface area contributed by atoms with E-state index < -0.39 is 0 Å². The van der Waals surface area contributed by atoms with Gasteiger partial charge in [0.1, 0.15) is 5.69 Å². The summed E-state index contributed by atoms with van der Waals surface area (Å²) in [6.07, 6.45) is 2.97. The fourth-order valence-electron chi connectivity index (χ4n) is 1.91. The molecule has 0 saturated carbocycles. The van der Waals surface area contributed by atoms with Gasteiger partial charge in [-0.05, 0) is 12.1 Å². The number of aromatic nitrogens is 2. The second-order valence-electron chi connectivity index (χ2n) is 4.18. The molecule has 0 fully saturated rings. The molecule has 94 valence electrons. The number of carbonyl (C=O) groups is 2. The first-order chi connectivity index (χ1) is 9.15. The molecule has 1 heterocycles. The smallest absolute Gasteiger partial charge is 0.220 e. The Balaban J connectivity index is 1.96. The van der Waals surface area contributed by atoms with Crippen LogP contribution in [0.25, 0.3) is 0 Å². The van der Waals surface area contributed by atoms with Crippen LogP contribution in [0.5, 0.6) is 0 Å². The zero-order chi connectivity index (χ0) is 13.4. The molecular formula is C14H10N2O2S. The summed E-state index contributed by atoms with van der Waals surface area (Å²) in [6, 6.07) is 9.49. The monoisotopic (exact) mass is 270 g/mol. The zero-order valence-electron chi connectivity index (χ0n) is 10.2. The third-order valence-corrected chi connectivity index (χ3v) is 3.80. The van der Waals surface area contributed by atoms with Crippen LogP contribution in [0.2, 0.25) is 0 Å². The van der Waals surface area contributed by atoms with Crippen molar-refractivity contribution in [2.24, 2.45) is 7.05 Å². The van der Waals surface area contributed by atoms with Crippen LogP contribution in [-0.2, 0) is 7.05 Å². The second kappa shape index (κ2) is 4.51. The highest BCUT2D eigenvalue weighted by Gasteiger charge is 2.29. The Labute approximate surface area is 114 Å². The molecule has 1 aliphatic rings. The molecule has 0 spiro atoms. The number of hydrogen-bond donors (Lipinski definition) is 0. The van der Waals surface area contributed by atoms with Crippen molar-refractivity contribution in [1.29, 1.82) is 0 Å². The first kappa shape index (κ1) is 11.9. The SMILES string of the molecule is Cn1cc2c(n1)C(=O)C(Sc1ccccc1)=CC2=O. The molecule has 5 heteroatoms. The van der Waals surface area contributed by atoms with Gasteiger partial charge in [-0.3, -0.25) is 14.3 Å². The fraction of sp³-hybridized carbons (Fsp3) is 0.0714. The van der Waals surface area contributed by atoms with Gasteiger partial charge in [0.25, 0.3) is 0 Å². The fourth-order valence-corrected chi connectivity index (χ4v) is 2.81. The lowest BCUT2D eigenvalue weighted by Gasteiger charge is -2.09. The number of thioether (sulfide) groups is 1. The maximum absolute atomic E-state index is 12.3. The number of benzene rings is 1. The molecule has 4 nitrogen and oxygen atoms in total. The lowest BCUT2D eigenvalue weighted by molar-refractivity contribution is 0.0989. The van der Waals surface area contributed by atoms with Crippen LogP contribution in [0.1, 0.15) is 20.8 Å². The molecule has 3 rings (SSSR count). The average Bonchev–Trinajstić information content (AvgIpc) is 2.80. The Morgan fingerprint density at radius 3 is 2.63 bits per heavy atom. The first-order valence-electron chi connectivity index (χ1n) is 5.72. The third-order valence-electron chi connectivity index (χ3n) is 2.77. The number of ketones is 2. The highest BCUT2D eigenvalue weighted by molar-refractivity contribution is 8.04. The molecule has 0 atom stereocenters. The van der Waals surface area contributed by atoms with Crippen molar-refractivity contribution >= 4 is 23.3 Å². The number of Topliss-reactive ketones (excluding diaryl/α,β-unsaturated/α-hetero) is 1. The van der Waals surface area contributed by atoms with Crippen molar-refractivity contribution in [2.45, 2.75) is 4.90 Å². The molecular weight excluding hydrogens is 260 g/mol. The number of hydrogen-bond acceptors (Lipinski definition) is 4. The minimum atomic E-state index is -0.191. The largest absolute Gasteiger partial charge is 0.289 e. The minimum absolute atomic E-state index is 0.166. The average molecular weight is 270 g/mol. The van der Waals surface area contributed by atoms with Gasteiger partial charge < -0.3 is 0 Å². The van der Waals surface area contributed by atoms with Crippen molar-refractivity contribution in [1.82, 2.24) is 9.78 Å². The molecule has 0 aliphatic heterocycles. The molecule has 0 radical (unpaired) electrons. The van der Waals surface area contributed by atoms with E-state index in [9.17, 15) is 9.59 Å². The van der Waals surface area contributed by atoms with Crippen LogP contribution in [0, 0.1) is 0 Å². The third kappa shape index (κ3) is 2.13. The van der Waals surface area contributed by atoms with Gasteiger partial charge in [0.15, 0.2) is 5.78 Å². The summed E-state index contributed by atoms with van der Waals surface area (Å²) in [7, 11) is 1.70. The minimum Gasteiger partial charge on any atom is -0.289 e. The molecule has 2 aromatic rings. The number of rotatable bonds is 2. The van der Waals surface area contributed by atoms with Gasteiger partial charge >= 0.3 is 0 Å². The van der Waals surface area contributed by atoms with Gasteiger partial charge in [-0.25, -0.2) is 0 Å². The summed E-state index contributed by atoms with van der Waals surface area (Å²) >= 11 is 1.29. The van der Waals surface area contributed by atoms with E-state index in [-0.39, 0.29) is 17.3 Å². The Morgan fingerprint density at radius 1 is 1.16 bits per heavy atom. The van der Waals surface area contributed by atoms with E-state index in [1.165, 1.54) is 22.5 Å². The van der Waals surface area contributed by atoms with Crippen molar-refractivity contribution in [2.75, 3.05) is 0 Å². The molecule has 0 amide bonds. The van der Waals surface area contributed by atoms with E-state index >= 15 is 0 Å². The number of carbonyl (C=O) groups excluding carboxylic acids is 2. The number of nitrogens with zero attached hydrogens (tertiary/aromatic N) is 2. The van der Waals surface area contributed by atoms with Crippen LogP contribution < -0.4 is 0 Å². The predicted molar refractivity (Wildman–Crippen MR) is 72.3 cm³/mol. The second-order valence-corrected chi connectivity index (χ2v) is 5.30. The van der Waals surface area contributed by atoms with Crippen LogP contribution in [0.15, 0.2) is 52.4 Å². The Kier molecular flexibility index (Phi) is 2.83. The maximum Gasteiger partial charge on any atom is 0.220 e. The molecule has 19 heavy (non-hydrogen) atoms. The van der Waals surface area contributed by atoms with Gasteiger partial charge in [-0.2, -0.15) is 5.10 Å². The number of allylic oxidation sites excluding steroid dienone is 2. The van der Waals surface area contributed by atoms with Crippen molar-refractivity contribution < 1.29 is 9.59 Å². The zero-order valence-corrected chi connectivity index (χ0v) is 11.0. The van der Waals surface area contributed by atoms with Gasteiger partial charge in [0, 0.05) is 24.2 Å². The van der Waals surface area contributed by atoms with E-state index in [0.717, 1.165) is 4.90 Å². The van der Waals surface area contributed by atoms with E-state index in [2.05, 4.69) is 5.10 Å². The highest BCUT2D eigenvalue weighted by Crippen LogP contribution is 2.32. The quantitative estimate of drug-likeness (QED) is 0.841. The summed E-state index contributed by atoms with van der Waals surface area (Å²) in [4.78, 5) is 25.6. The van der Waals surface area contributed by atoms with Gasteiger partial charge in [0.05, 0.1) is 10.5 Å². The lowest BCUT2D eigenvalue weighted by Crippen LogP contribution is -2.14. The van der Waals surface area contributed by atoms with Crippen molar-refractivity contribution in [3.63, 3.8) is 0 Å². The van der Waals surface area contributed by atoms with Crippen LogP contribution in [0.4, 0.5) is 0 Å². The topological polar surface area (TPSA) is 52.0 Å². The number of fused-ring (bicyclic) bond motifs is 1. The normalized spacial score (nSPS) is 14.3. The summed E-state index contributed by atoms with van der Waals surface area (Å²) in [5.41, 5.74) is 0.623. The van der Waals surface area contributed by atoms with E-state index in [0.29, 0.717) is 10.5 Å². The van der Waals surface area contributed by atoms with E-state index in [4.69, 9.17) is 0 Å². The Bertz CT molecular complexity index is 701. The van der Waals surface area contributed by atoms with E-state index in [1.54, 1.807) is 13.2 Å². The maximum atomic E-state index is 12.3. The number of aryl methyl sites for hydroxylation is 1. The Hall–Kier alpha value is -2.14. The standard InChI is InChI=1S/C14H10N2O2S/c1-16-8-10-11(17)7-12(14(18)13(10)15-16)19-9-5-3-2-4-6-9/h2-8H,1H3. The predicted octanol–water partition coefficient (Wildman–Crippen LogP) is 2.48. The molecule has 0 bridgehead atoms. The van der Waals surface area contributed by atoms with Gasteiger partial charge in [-0.15, -0.1) is 0 Å². The molecule has 0 saturated heterocycles.